The highest BCUT2D eigenvalue weighted by Gasteiger charge is 2.20. The number of halogens is 2. The van der Waals surface area contributed by atoms with Crippen LogP contribution in [0, 0.1) is 0 Å². The summed E-state index contributed by atoms with van der Waals surface area (Å²) in [6.45, 7) is 5.00. The molecule has 1 aromatic rings. The van der Waals surface area contributed by atoms with Gasteiger partial charge in [-0.25, -0.2) is 8.42 Å². The van der Waals surface area contributed by atoms with E-state index < -0.39 is 10.0 Å². The SMILES string of the molecule is CCN(CC)C(=O)CCN(c1cc(Cl)cc(Cl)c1)S(C)(=O)=O. The first-order valence-corrected chi connectivity index (χ1v) is 9.51. The molecular weight excluding hydrogens is 347 g/mol. The molecule has 0 fully saturated rings. The van der Waals surface area contributed by atoms with Crippen LogP contribution in [0.2, 0.25) is 10.0 Å². The molecule has 1 amide bonds. The van der Waals surface area contributed by atoms with E-state index in [1.165, 1.54) is 18.2 Å². The second-order valence-corrected chi connectivity index (χ2v) is 7.56. The minimum Gasteiger partial charge on any atom is -0.343 e. The summed E-state index contributed by atoms with van der Waals surface area (Å²) in [5.74, 6) is -0.0909. The monoisotopic (exact) mass is 366 g/mol. The van der Waals surface area contributed by atoms with E-state index in [9.17, 15) is 13.2 Å². The predicted octanol–water partition coefficient (Wildman–Crippen LogP) is 3.02. The number of nitrogens with zero attached hydrogens (tertiary/aromatic N) is 2. The van der Waals surface area contributed by atoms with Crippen molar-refractivity contribution in [2.75, 3.05) is 30.2 Å². The van der Waals surface area contributed by atoms with Crippen LogP contribution in [0.4, 0.5) is 5.69 Å². The second-order valence-electron chi connectivity index (χ2n) is 4.78. The molecule has 0 aliphatic rings. The molecule has 8 heteroatoms. The zero-order valence-corrected chi connectivity index (χ0v) is 15.2. The number of amides is 1. The predicted molar refractivity (Wildman–Crippen MR) is 91.2 cm³/mol. The standard InChI is InChI=1S/C14H20Cl2N2O3S/c1-4-17(5-2)14(19)6-7-18(22(3,20)21)13-9-11(15)8-12(16)10-13/h8-10H,4-7H2,1-3H3. The molecule has 0 aliphatic heterocycles. The number of anilines is 1. The van der Waals surface area contributed by atoms with E-state index in [-0.39, 0.29) is 18.9 Å². The first kappa shape index (κ1) is 19.1. The second kappa shape index (κ2) is 8.04. The van der Waals surface area contributed by atoms with E-state index in [2.05, 4.69) is 0 Å². The van der Waals surface area contributed by atoms with Crippen molar-refractivity contribution in [3.05, 3.63) is 28.2 Å². The maximum atomic E-state index is 12.1. The van der Waals surface area contributed by atoms with Crippen molar-refractivity contribution in [3.8, 4) is 0 Å². The Morgan fingerprint density at radius 1 is 1.09 bits per heavy atom. The maximum Gasteiger partial charge on any atom is 0.232 e. The molecule has 0 N–H and O–H groups in total. The summed E-state index contributed by atoms with van der Waals surface area (Å²) in [5.41, 5.74) is 0.354. The average molecular weight is 367 g/mol. The Balaban J connectivity index is 2.99. The van der Waals surface area contributed by atoms with Gasteiger partial charge >= 0.3 is 0 Å². The molecule has 0 aliphatic carbocycles. The smallest absolute Gasteiger partial charge is 0.232 e. The van der Waals surface area contributed by atoms with E-state index in [0.29, 0.717) is 28.8 Å². The molecule has 0 radical (unpaired) electrons. The van der Waals surface area contributed by atoms with Gasteiger partial charge in [-0.05, 0) is 32.0 Å². The van der Waals surface area contributed by atoms with Crippen molar-refractivity contribution in [2.45, 2.75) is 20.3 Å². The van der Waals surface area contributed by atoms with E-state index in [1.54, 1.807) is 4.90 Å². The zero-order valence-electron chi connectivity index (χ0n) is 12.8. The van der Waals surface area contributed by atoms with Crippen LogP contribution in [0.15, 0.2) is 18.2 Å². The van der Waals surface area contributed by atoms with E-state index in [1.807, 2.05) is 13.8 Å². The van der Waals surface area contributed by atoms with Crippen LogP contribution in [0.25, 0.3) is 0 Å². The third kappa shape index (κ3) is 5.34. The van der Waals surface area contributed by atoms with Gasteiger partial charge in [0.05, 0.1) is 11.9 Å². The van der Waals surface area contributed by atoms with Gasteiger partial charge in [0.2, 0.25) is 15.9 Å². The van der Waals surface area contributed by atoms with Crippen LogP contribution in [0.1, 0.15) is 20.3 Å². The van der Waals surface area contributed by atoms with Crippen LogP contribution in [-0.2, 0) is 14.8 Å². The Kier molecular flexibility index (Phi) is 6.97. The lowest BCUT2D eigenvalue weighted by Gasteiger charge is -2.24. The minimum absolute atomic E-state index is 0.0465. The highest BCUT2D eigenvalue weighted by molar-refractivity contribution is 7.92. The van der Waals surface area contributed by atoms with Gasteiger partial charge < -0.3 is 4.90 Å². The normalized spacial score (nSPS) is 11.3. The van der Waals surface area contributed by atoms with Crippen LogP contribution in [0.5, 0.6) is 0 Å². The van der Waals surface area contributed by atoms with Gasteiger partial charge in [-0.3, -0.25) is 9.10 Å². The molecule has 1 rings (SSSR count). The van der Waals surface area contributed by atoms with Crippen molar-refractivity contribution in [1.82, 2.24) is 4.90 Å². The fourth-order valence-corrected chi connectivity index (χ4v) is 3.53. The topological polar surface area (TPSA) is 57.7 Å². The Labute approximate surface area is 141 Å². The highest BCUT2D eigenvalue weighted by Crippen LogP contribution is 2.27. The third-order valence-corrected chi connectivity index (χ3v) is 4.81. The van der Waals surface area contributed by atoms with Crippen molar-refractivity contribution < 1.29 is 13.2 Å². The molecule has 5 nitrogen and oxygen atoms in total. The summed E-state index contributed by atoms with van der Waals surface area (Å²) < 4.78 is 25.1. The molecule has 0 saturated heterocycles. The van der Waals surface area contributed by atoms with Gasteiger partial charge in [0.1, 0.15) is 0 Å². The number of carbonyl (C=O) groups is 1. The lowest BCUT2D eigenvalue weighted by Crippen LogP contribution is -2.36. The average Bonchev–Trinajstić information content (AvgIpc) is 2.37. The number of sulfonamides is 1. The maximum absolute atomic E-state index is 12.1. The molecule has 0 unspecified atom stereocenters. The lowest BCUT2D eigenvalue weighted by atomic mass is 10.3. The fraction of sp³-hybridized carbons (Fsp3) is 0.500. The third-order valence-electron chi connectivity index (χ3n) is 3.18. The number of carbonyl (C=O) groups excluding carboxylic acids is 1. The Morgan fingerprint density at radius 3 is 2.00 bits per heavy atom. The fourth-order valence-electron chi connectivity index (χ4n) is 2.10. The van der Waals surface area contributed by atoms with Gasteiger partial charge in [0, 0.05) is 36.1 Å². The van der Waals surface area contributed by atoms with E-state index in [0.717, 1.165) is 10.6 Å². The van der Waals surface area contributed by atoms with Crippen LogP contribution in [-0.4, -0.2) is 45.1 Å². The Bertz CT molecular complexity index is 611. The molecule has 0 heterocycles. The van der Waals surface area contributed by atoms with Crippen molar-refractivity contribution in [3.63, 3.8) is 0 Å². The lowest BCUT2D eigenvalue weighted by molar-refractivity contribution is -0.130. The van der Waals surface area contributed by atoms with E-state index in [4.69, 9.17) is 23.2 Å². The highest BCUT2D eigenvalue weighted by atomic mass is 35.5. The molecule has 0 spiro atoms. The van der Waals surface area contributed by atoms with Crippen molar-refractivity contribution in [2.24, 2.45) is 0 Å². The largest absolute Gasteiger partial charge is 0.343 e. The van der Waals surface area contributed by atoms with Gasteiger partial charge in [-0.1, -0.05) is 23.2 Å². The number of hydrogen-bond donors (Lipinski definition) is 0. The molecular formula is C14H20Cl2N2O3S. The molecule has 0 saturated carbocycles. The molecule has 124 valence electrons. The summed E-state index contributed by atoms with van der Waals surface area (Å²) in [5, 5.41) is 0.678. The van der Waals surface area contributed by atoms with Crippen LogP contribution >= 0.6 is 23.2 Å². The molecule has 1 aromatic carbocycles. The van der Waals surface area contributed by atoms with E-state index >= 15 is 0 Å². The Hall–Kier alpha value is -0.980. The Morgan fingerprint density at radius 2 is 1.59 bits per heavy atom. The van der Waals surface area contributed by atoms with Crippen LogP contribution < -0.4 is 4.31 Å². The molecule has 0 aromatic heterocycles. The van der Waals surface area contributed by atoms with Gasteiger partial charge in [-0.15, -0.1) is 0 Å². The summed E-state index contributed by atoms with van der Waals surface area (Å²) in [6, 6.07) is 4.54. The van der Waals surface area contributed by atoms with Gasteiger partial charge in [0.15, 0.2) is 0 Å². The summed E-state index contributed by atoms with van der Waals surface area (Å²) in [4.78, 5) is 13.7. The zero-order chi connectivity index (χ0) is 16.9. The van der Waals surface area contributed by atoms with Gasteiger partial charge in [0.25, 0.3) is 0 Å². The quantitative estimate of drug-likeness (QED) is 0.744. The van der Waals surface area contributed by atoms with Crippen LogP contribution in [0.3, 0.4) is 0 Å². The number of rotatable bonds is 7. The summed E-state index contributed by atoms with van der Waals surface area (Å²) >= 11 is 11.8. The summed E-state index contributed by atoms with van der Waals surface area (Å²) in [6.07, 6.45) is 1.18. The number of hydrogen-bond acceptors (Lipinski definition) is 3. The minimum atomic E-state index is -3.54. The van der Waals surface area contributed by atoms with Crippen molar-refractivity contribution >= 4 is 44.8 Å². The first-order chi connectivity index (χ1) is 10.2. The number of benzene rings is 1. The molecule has 0 atom stereocenters. The van der Waals surface area contributed by atoms with Gasteiger partial charge in [-0.2, -0.15) is 0 Å². The van der Waals surface area contributed by atoms with Crippen molar-refractivity contribution in [1.29, 1.82) is 0 Å². The molecule has 22 heavy (non-hydrogen) atoms. The summed E-state index contributed by atoms with van der Waals surface area (Å²) in [7, 11) is -3.54. The molecule has 0 bridgehead atoms. The first-order valence-electron chi connectivity index (χ1n) is 6.90.